The monoisotopic (exact) mass is 216 g/mol. The lowest BCUT2D eigenvalue weighted by Gasteiger charge is -2.16. The van der Waals surface area contributed by atoms with Gasteiger partial charge in [0.2, 0.25) is 5.91 Å². The van der Waals surface area contributed by atoms with E-state index in [0.29, 0.717) is 10.8 Å². The molecule has 0 spiro atoms. The first-order chi connectivity index (χ1) is 6.32. The Balaban J connectivity index is 2.80. The Morgan fingerprint density at radius 1 is 1.71 bits per heavy atom. The number of anilines is 1. The van der Waals surface area contributed by atoms with Crippen LogP contribution in [0.25, 0.3) is 0 Å². The average molecular weight is 217 g/mol. The van der Waals surface area contributed by atoms with E-state index in [-0.39, 0.29) is 5.91 Å². The van der Waals surface area contributed by atoms with Crippen LogP contribution in [0, 0.1) is 0 Å². The van der Waals surface area contributed by atoms with Crippen LogP contribution in [-0.4, -0.2) is 21.2 Å². The van der Waals surface area contributed by atoms with Crippen molar-refractivity contribution in [3.63, 3.8) is 0 Å². The van der Waals surface area contributed by atoms with Crippen LogP contribution in [0.3, 0.4) is 0 Å². The molecule has 0 aromatic carbocycles. The van der Waals surface area contributed by atoms with Gasteiger partial charge < -0.3 is 11.1 Å². The van der Waals surface area contributed by atoms with Crippen LogP contribution < -0.4 is 11.1 Å². The fraction of sp³-hybridized carbons (Fsp3) is 0.500. The maximum absolute atomic E-state index is 11.5. The molecule has 0 atom stereocenters. The fourth-order valence-corrected chi connectivity index (χ4v) is 0.930. The number of carbonyl (C=O) groups is 1. The van der Waals surface area contributed by atoms with Gasteiger partial charge >= 0.3 is 0 Å². The second-order valence-corrected chi connectivity index (χ2v) is 4.01. The van der Waals surface area contributed by atoms with Gasteiger partial charge in [-0.1, -0.05) is 11.6 Å². The largest absolute Gasteiger partial charge is 0.321 e. The highest BCUT2D eigenvalue weighted by atomic mass is 35.5. The predicted molar refractivity (Wildman–Crippen MR) is 55.1 cm³/mol. The van der Waals surface area contributed by atoms with Crippen molar-refractivity contribution >= 4 is 23.2 Å². The van der Waals surface area contributed by atoms with Gasteiger partial charge in [0.15, 0.2) is 0 Å². The minimum atomic E-state index is -0.931. The summed E-state index contributed by atoms with van der Waals surface area (Å²) in [6, 6.07) is 0. The third-order valence-corrected chi connectivity index (χ3v) is 2.15. The van der Waals surface area contributed by atoms with Crippen LogP contribution >= 0.6 is 11.6 Å². The second-order valence-electron chi connectivity index (χ2n) is 3.65. The van der Waals surface area contributed by atoms with Crippen LogP contribution in [0.4, 0.5) is 5.69 Å². The molecule has 3 N–H and O–H groups in total. The smallest absolute Gasteiger partial charge is 0.244 e. The van der Waals surface area contributed by atoms with Crippen molar-refractivity contribution in [1.82, 2.24) is 9.78 Å². The van der Waals surface area contributed by atoms with Crippen molar-refractivity contribution in [1.29, 1.82) is 0 Å². The van der Waals surface area contributed by atoms with Gasteiger partial charge in [0.1, 0.15) is 5.15 Å². The van der Waals surface area contributed by atoms with Gasteiger partial charge in [-0.05, 0) is 13.8 Å². The molecule has 0 bridgehead atoms. The van der Waals surface area contributed by atoms with Crippen LogP contribution in [-0.2, 0) is 11.8 Å². The molecule has 0 saturated heterocycles. The molecule has 1 rings (SSSR count). The molecule has 0 unspecified atom stereocenters. The molecule has 5 nitrogen and oxygen atoms in total. The van der Waals surface area contributed by atoms with Crippen molar-refractivity contribution in [2.75, 3.05) is 5.32 Å². The molecule has 0 fully saturated rings. The molecule has 1 amide bonds. The van der Waals surface area contributed by atoms with Gasteiger partial charge in [0, 0.05) is 7.05 Å². The number of nitrogens with two attached hydrogens (primary N) is 1. The second kappa shape index (κ2) is 3.59. The average Bonchev–Trinajstić information content (AvgIpc) is 2.34. The lowest BCUT2D eigenvalue weighted by molar-refractivity contribution is -0.120. The Kier molecular flexibility index (Phi) is 2.82. The first-order valence-corrected chi connectivity index (χ1v) is 4.48. The summed E-state index contributed by atoms with van der Waals surface area (Å²) in [4.78, 5) is 11.5. The zero-order chi connectivity index (χ0) is 10.9. The van der Waals surface area contributed by atoms with E-state index >= 15 is 0 Å². The maximum atomic E-state index is 11.5. The Hall–Kier alpha value is -1.07. The van der Waals surface area contributed by atoms with Crippen LogP contribution in [0.5, 0.6) is 0 Å². The molecule has 0 aliphatic heterocycles. The van der Waals surface area contributed by atoms with Crippen molar-refractivity contribution in [3.8, 4) is 0 Å². The number of hydrogen-bond donors (Lipinski definition) is 2. The number of aromatic nitrogens is 2. The van der Waals surface area contributed by atoms with Crippen LogP contribution in [0.2, 0.25) is 5.15 Å². The summed E-state index contributed by atoms with van der Waals surface area (Å²) in [5.41, 5.74) is 5.14. The molecule has 78 valence electrons. The number of hydrogen-bond acceptors (Lipinski definition) is 3. The molecule has 1 aromatic rings. The maximum Gasteiger partial charge on any atom is 0.244 e. The molecule has 1 aromatic heterocycles. The van der Waals surface area contributed by atoms with Crippen molar-refractivity contribution in [2.24, 2.45) is 12.8 Å². The summed E-state index contributed by atoms with van der Waals surface area (Å²) in [5, 5.41) is 6.85. The van der Waals surface area contributed by atoms with E-state index in [1.807, 2.05) is 0 Å². The highest BCUT2D eigenvalue weighted by Crippen LogP contribution is 2.20. The summed E-state index contributed by atoms with van der Waals surface area (Å²) in [7, 11) is 1.69. The van der Waals surface area contributed by atoms with Gasteiger partial charge in [-0.2, -0.15) is 5.10 Å². The van der Waals surface area contributed by atoms with Gasteiger partial charge in [-0.15, -0.1) is 0 Å². The van der Waals surface area contributed by atoms with Crippen molar-refractivity contribution < 1.29 is 4.79 Å². The van der Waals surface area contributed by atoms with E-state index in [4.69, 9.17) is 17.3 Å². The minimum Gasteiger partial charge on any atom is -0.321 e. The van der Waals surface area contributed by atoms with E-state index < -0.39 is 5.54 Å². The highest BCUT2D eigenvalue weighted by molar-refractivity contribution is 6.32. The highest BCUT2D eigenvalue weighted by Gasteiger charge is 2.23. The van der Waals surface area contributed by atoms with Gasteiger partial charge in [0.25, 0.3) is 0 Å². The molecule has 0 aliphatic carbocycles. The minimum absolute atomic E-state index is 0.299. The molecule has 6 heteroatoms. The zero-order valence-electron chi connectivity index (χ0n) is 8.34. The molecular formula is C8H13ClN4O. The number of nitrogens with one attached hydrogen (secondary N) is 1. The van der Waals surface area contributed by atoms with Crippen LogP contribution in [0.1, 0.15) is 13.8 Å². The zero-order valence-corrected chi connectivity index (χ0v) is 9.09. The number of amides is 1. The summed E-state index contributed by atoms with van der Waals surface area (Å²) >= 11 is 5.85. The van der Waals surface area contributed by atoms with E-state index in [1.165, 1.54) is 10.9 Å². The number of halogens is 1. The molecule has 0 radical (unpaired) electrons. The van der Waals surface area contributed by atoms with Crippen molar-refractivity contribution in [2.45, 2.75) is 19.4 Å². The molecule has 1 heterocycles. The number of rotatable bonds is 2. The van der Waals surface area contributed by atoms with Gasteiger partial charge in [-0.25, -0.2) is 0 Å². The normalized spacial score (nSPS) is 11.5. The van der Waals surface area contributed by atoms with Gasteiger partial charge in [0.05, 0.1) is 17.4 Å². The first kappa shape index (κ1) is 11.0. The standard InChI is InChI=1S/C8H13ClN4O/c1-8(2,10)7(14)12-5-4-11-13(3)6(5)9/h4H,10H2,1-3H3,(H,12,14). The van der Waals surface area contributed by atoms with E-state index in [2.05, 4.69) is 10.4 Å². The molecule has 0 saturated carbocycles. The summed E-state index contributed by atoms with van der Waals surface area (Å²) in [5.74, 6) is -0.299. The predicted octanol–water partition coefficient (Wildman–Crippen LogP) is 0.749. The molecular weight excluding hydrogens is 204 g/mol. The number of nitrogens with zero attached hydrogens (tertiary/aromatic N) is 2. The quantitative estimate of drug-likeness (QED) is 0.766. The van der Waals surface area contributed by atoms with Crippen molar-refractivity contribution in [3.05, 3.63) is 11.3 Å². The Labute approximate surface area is 87.2 Å². The lowest BCUT2D eigenvalue weighted by atomic mass is 10.1. The third-order valence-electron chi connectivity index (χ3n) is 1.70. The lowest BCUT2D eigenvalue weighted by Crippen LogP contribution is -2.45. The van der Waals surface area contributed by atoms with Crippen LogP contribution in [0.15, 0.2) is 6.20 Å². The summed E-state index contributed by atoms with van der Waals surface area (Å²) in [6.07, 6.45) is 1.48. The first-order valence-electron chi connectivity index (χ1n) is 4.10. The molecule has 14 heavy (non-hydrogen) atoms. The molecule has 0 aliphatic rings. The van der Waals surface area contributed by atoms with E-state index in [0.717, 1.165) is 0 Å². The Morgan fingerprint density at radius 3 is 2.64 bits per heavy atom. The topological polar surface area (TPSA) is 72.9 Å². The Morgan fingerprint density at radius 2 is 2.29 bits per heavy atom. The summed E-state index contributed by atoms with van der Waals surface area (Å²) in [6.45, 7) is 3.24. The number of aryl methyl sites for hydroxylation is 1. The summed E-state index contributed by atoms with van der Waals surface area (Å²) < 4.78 is 1.46. The van der Waals surface area contributed by atoms with E-state index in [9.17, 15) is 4.79 Å². The van der Waals surface area contributed by atoms with E-state index in [1.54, 1.807) is 20.9 Å². The number of carbonyl (C=O) groups excluding carboxylic acids is 1. The fourth-order valence-electron chi connectivity index (χ4n) is 0.790. The van der Waals surface area contributed by atoms with Gasteiger partial charge in [-0.3, -0.25) is 9.48 Å². The third kappa shape index (κ3) is 2.24. The SMILES string of the molecule is Cn1ncc(NC(=O)C(C)(C)N)c1Cl. The Bertz CT molecular complexity index is 353.